The second kappa shape index (κ2) is 7.54. The number of nitrogens with zero attached hydrogens (tertiary/aromatic N) is 2. The van der Waals surface area contributed by atoms with Gasteiger partial charge in [-0.15, -0.1) is 0 Å². The van der Waals surface area contributed by atoms with Crippen molar-refractivity contribution in [3.05, 3.63) is 17.0 Å². The van der Waals surface area contributed by atoms with Crippen molar-refractivity contribution >= 4 is 0 Å². The van der Waals surface area contributed by atoms with Gasteiger partial charge >= 0.3 is 0 Å². The molecule has 0 bridgehead atoms. The molecule has 0 saturated heterocycles. The average molecular weight is 253 g/mol. The van der Waals surface area contributed by atoms with Crippen LogP contribution in [0.15, 0.2) is 0 Å². The zero-order chi connectivity index (χ0) is 13.5. The minimum Gasteiger partial charge on any atom is -0.385 e. The Morgan fingerprint density at radius 1 is 1.33 bits per heavy atom. The molecule has 4 heteroatoms. The summed E-state index contributed by atoms with van der Waals surface area (Å²) in [6.45, 7) is 8.12. The summed E-state index contributed by atoms with van der Waals surface area (Å²) < 4.78 is 7.25. The van der Waals surface area contributed by atoms with Gasteiger partial charge in [-0.1, -0.05) is 13.8 Å². The third-order valence-electron chi connectivity index (χ3n) is 3.16. The van der Waals surface area contributed by atoms with Gasteiger partial charge in [0.15, 0.2) is 0 Å². The van der Waals surface area contributed by atoms with Crippen LogP contribution in [0.4, 0.5) is 0 Å². The first-order valence-electron chi connectivity index (χ1n) is 6.95. The molecule has 1 aromatic heterocycles. The summed E-state index contributed by atoms with van der Waals surface area (Å²) in [6, 6.07) is 0.192. The van der Waals surface area contributed by atoms with Crippen molar-refractivity contribution in [2.75, 3.05) is 13.7 Å². The SMILES string of the molecule is CCc1nn(CCCOC)c(CC)c1CC(C)N. The lowest BCUT2D eigenvalue weighted by Crippen LogP contribution is -2.19. The molecule has 2 N–H and O–H groups in total. The molecule has 0 spiro atoms. The molecule has 104 valence electrons. The number of methoxy groups -OCH3 is 1. The molecule has 18 heavy (non-hydrogen) atoms. The van der Waals surface area contributed by atoms with Crippen molar-refractivity contribution in [2.45, 2.75) is 59.0 Å². The highest BCUT2D eigenvalue weighted by Crippen LogP contribution is 2.18. The first kappa shape index (κ1) is 15.2. The van der Waals surface area contributed by atoms with Gasteiger partial charge in [0.2, 0.25) is 0 Å². The van der Waals surface area contributed by atoms with E-state index >= 15 is 0 Å². The van der Waals surface area contributed by atoms with Crippen molar-refractivity contribution in [3.8, 4) is 0 Å². The fraction of sp³-hybridized carbons (Fsp3) is 0.786. The van der Waals surface area contributed by atoms with Crippen LogP contribution in [0.3, 0.4) is 0 Å². The van der Waals surface area contributed by atoms with Crippen molar-refractivity contribution < 1.29 is 4.74 Å². The predicted molar refractivity (Wildman–Crippen MR) is 74.8 cm³/mol. The van der Waals surface area contributed by atoms with Gasteiger partial charge < -0.3 is 10.5 Å². The molecule has 1 heterocycles. The van der Waals surface area contributed by atoms with Gasteiger partial charge in [0.25, 0.3) is 0 Å². The number of aryl methyl sites for hydroxylation is 2. The lowest BCUT2D eigenvalue weighted by Gasteiger charge is -2.09. The van der Waals surface area contributed by atoms with E-state index in [1.54, 1.807) is 7.11 Å². The lowest BCUT2D eigenvalue weighted by atomic mass is 10.0. The van der Waals surface area contributed by atoms with Gasteiger partial charge in [0.05, 0.1) is 5.69 Å². The highest BCUT2D eigenvalue weighted by Gasteiger charge is 2.16. The summed E-state index contributed by atoms with van der Waals surface area (Å²) in [5.74, 6) is 0. The Morgan fingerprint density at radius 2 is 2.06 bits per heavy atom. The summed E-state index contributed by atoms with van der Waals surface area (Å²) in [7, 11) is 1.74. The fourth-order valence-electron chi connectivity index (χ4n) is 2.37. The van der Waals surface area contributed by atoms with Crippen LogP contribution in [-0.2, 0) is 30.5 Å². The quantitative estimate of drug-likeness (QED) is 0.720. The van der Waals surface area contributed by atoms with Crippen LogP contribution in [0, 0.1) is 0 Å². The van der Waals surface area contributed by atoms with Gasteiger partial charge in [0.1, 0.15) is 0 Å². The highest BCUT2D eigenvalue weighted by molar-refractivity contribution is 5.27. The minimum absolute atomic E-state index is 0.192. The van der Waals surface area contributed by atoms with E-state index < -0.39 is 0 Å². The maximum absolute atomic E-state index is 5.95. The van der Waals surface area contributed by atoms with Crippen LogP contribution < -0.4 is 5.73 Å². The number of ether oxygens (including phenoxy) is 1. The zero-order valence-corrected chi connectivity index (χ0v) is 12.2. The molecule has 1 aromatic rings. The molecule has 0 aromatic carbocycles. The van der Waals surface area contributed by atoms with Crippen molar-refractivity contribution in [1.82, 2.24) is 9.78 Å². The number of hydrogen-bond acceptors (Lipinski definition) is 3. The molecule has 0 aliphatic carbocycles. The Labute approximate surface area is 111 Å². The third kappa shape index (κ3) is 3.82. The van der Waals surface area contributed by atoms with Gasteiger partial charge in [-0.3, -0.25) is 4.68 Å². The Balaban J connectivity index is 2.92. The number of nitrogens with two attached hydrogens (primary N) is 1. The summed E-state index contributed by atoms with van der Waals surface area (Å²) in [4.78, 5) is 0. The van der Waals surface area contributed by atoms with Crippen LogP contribution in [0.5, 0.6) is 0 Å². The molecule has 1 rings (SSSR count). The molecule has 1 atom stereocenters. The van der Waals surface area contributed by atoms with Gasteiger partial charge in [-0.05, 0) is 38.2 Å². The van der Waals surface area contributed by atoms with Crippen LogP contribution in [0.2, 0.25) is 0 Å². The van der Waals surface area contributed by atoms with Crippen LogP contribution in [-0.4, -0.2) is 29.5 Å². The smallest absolute Gasteiger partial charge is 0.0657 e. The van der Waals surface area contributed by atoms with Crippen LogP contribution >= 0.6 is 0 Å². The van der Waals surface area contributed by atoms with E-state index in [1.807, 2.05) is 0 Å². The monoisotopic (exact) mass is 253 g/mol. The summed E-state index contributed by atoms with van der Waals surface area (Å²) in [5, 5.41) is 4.73. The summed E-state index contributed by atoms with van der Waals surface area (Å²) in [6.07, 6.45) is 3.93. The van der Waals surface area contributed by atoms with E-state index in [-0.39, 0.29) is 6.04 Å². The topological polar surface area (TPSA) is 53.1 Å². The predicted octanol–water partition coefficient (Wildman–Crippen LogP) is 1.93. The second-order valence-electron chi connectivity index (χ2n) is 4.83. The van der Waals surface area contributed by atoms with Gasteiger partial charge in [-0.2, -0.15) is 5.10 Å². The molecule has 1 unspecified atom stereocenters. The molecule has 0 amide bonds. The molecular weight excluding hydrogens is 226 g/mol. The maximum Gasteiger partial charge on any atom is 0.0657 e. The molecule has 4 nitrogen and oxygen atoms in total. The molecule has 0 radical (unpaired) electrons. The number of rotatable bonds is 8. The van der Waals surface area contributed by atoms with Crippen LogP contribution in [0.25, 0.3) is 0 Å². The van der Waals surface area contributed by atoms with E-state index in [0.717, 1.165) is 38.8 Å². The Hall–Kier alpha value is -0.870. The highest BCUT2D eigenvalue weighted by atomic mass is 16.5. The molecule has 0 aliphatic rings. The summed E-state index contributed by atoms with van der Waals surface area (Å²) >= 11 is 0. The first-order valence-corrected chi connectivity index (χ1v) is 6.95. The van der Waals surface area contributed by atoms with Crippen molar-refractivity contribution in [2.24, 2.45) is 5.73 Å². The van der Waals surface area contributed by atoms with Crippen molar-refractivity contribution in [3.63, 3.8) is 0 Å². The largest absolute Gasteiger partial charge is 0.385 e. The molecule has 0 saturated carbocycles. The molecule has 0 fully saturated rings. The van der Waals surface area contributed by atoms with E-state index in [0.29, 0.717) is 0 Å². The van der Waals surface area contributed by atoms with Crippen LogP contribution in [0.1, 0.15) is 44.1 Å². The van der Waals surface area contributed by atoms with E-state index in [2.05, 4.69) is 25.5 Å². The fourth-order valence-corrected chi connectivity index (χ4v) is 2.37. The normalized spacial score (nSPS) is 12.9. The van der Waals surface area contributed by atoms with Gasteiger partial charge in [0, 0.05) is 32.0 Å². The maximum atomic E-state index is 5.95. The van der Waals surface area contributed by atoms with E-state index in [9.17, 15) is 0 Å². The lowest BCUT2D eigenvalue weighted by molar-refractivity contribution is 0.188. The van der Waals surface area contributed by atoms with E-state index in [4.69, 9.17) is 15.6 Å². The van der Waals surface area contributed by atoms with Crippen molar-refractivity contribution in [1.29, 1.82) is 0 Å². The minimum atomic E-state index is 0.192. The van der Waals surface area contributed by atoms with Gasteiger partial charge in [-0.25, -0.2) is 0 Å². The standard InChI is InChI=1S/C14H27N3O/c1-5-13-12(10-11(3)15)14(6-2)17(16-13)8-7-9-18-4/h11H,5-10,15H2,1-4H3. The Kier molecular flexibility index (Phi) is 6.36. The molecular formula is C14H27N3O. The molecule has 0 aliphatic heterocycles. The Bertz CT molecular complexity index is 358. The number of hydrogen-bond donors (Lipinski definition) is 1. The second-order valence-corrected chi connectivity index (χ2v) is 4.83. The first-order chi connectivity index (χ1) is 8.63. The Morgan fingerprint density at radius 3 is 2.56 bits per heavy atom. The zero-order valence-electron chi connectivity index (χ0n) is 12.2. The number of aromatic nitrogens is 2. The van der Waals surface area contributed by atoms with E-state index in [1.165, 1.54) is 17.0 Å². The summed E-state index contributed by atoms with van der Waals surface area (Å²) in [5.41, 5.74) is 9.87. The third-order valence-corrected chi connectivity index (χ3v) is 3.16. The average Bonchev–Trinajstić information content (AvgIpc) is 2.66.